The minimum atomic E-state index is -0.424. The van der Waals surface area contributed by atoms with Gasteiger partial charge in [0.25, 0.3) is 0 Å². The predicted octanol–water partition coefficient (Wildman–Crippen LogP) is 4.58. The van der Waals surface area contributed by atoms with Crippen molar-refractivity contribution in [3.8, 4) is 0 Å². The van der Waals surface area contributed by atoms with E-state index in [1.54, 1.807) is 18.7 Å². The van der Waals surface area contributed by atoms with Gasteiger partial charge < -0.3 is 5.11 Å². The van der Waals surface area contributed by atoms with Crippen molar-refractivity contribution in [2.24, 2.45) is 0 Å². The van der Waals surface area contributed by atoms with E-state index in [1.807, 2.05) is 36.5 Å². The maximum atomic E-state index is 9.66. The average molecular weight is 295 g/mol. The van der Waals surface area contributed by atoms with Gasteiger partial charge in [0, 0.05) is 22.2 Å². The van der Waals surface area contributed by atoms with Crippen LogP contribution in [0.3, 0.4) is 0 Å². The highest BCUT2D eigenvalue weighted by Crippen LogP contribution is 2.28. The molecule has 3 aromatic rings. The molecule has 0 aliphatic carbocycles. The lowest BCUT2D eigenvalue weighted by Crippen LogP contribution is -1.91. The molecule has 0 spiro atoms. The van der Waals surface area contributed by atoms with Gasteiger partial charge in [0.15, 0.2) is 0 Å². The van der Waals surface area contributed by atoms with Crippen LogP contribution in [-0.2, 0) is 5.75 Å². The molecule has 1 atom stereocenters. The first-order valence-electron chi connectivity index (χ1n) is 6.97. The number of pyridine rings is 1. The van der Waals surface area contributed by atoms with Crippen LogP contribution in [0.15, 0.2) is 65.7 Å². The van der Waals surface area contributed by atoms with Crippen molar-refractivity contribution in [3.05, 3.63) is 71.9 Å². The van der Waals surface area contributed by atoms with Crippen LogP contribution in [0.25, 0.3) is 10.9 Å². The quantitative estimate of drug-likeness (QED) is 0.715. The highest BCUT2D eigenvalue weighted by Gasteiger charge is 2.05. The number of hydrogen-bond donors (Lipinski definition) is 1. The molecule has 21 heavy (non-hydrogen) atoms. The van der Waals surface area contributed by atoms with Crippen LogP contribution in [0.5, 0.6) is 0 Å². The third-order valence-corrected chi connectivity index (χ3v) is 4.52. The number of rotatable bonds is 4. The van der Waals surface area contributed by atoms with Gasteiger partial charge in [-0.15, -0.1) is 11.8 Å². The Balaban J connectivity index is 1.82. The summed E-state index contributed by atoms with van der Waals surface area (Å²) in [4.78, 5) is 5.57. The molecule has 0 radical (unpaired) electrons. The van der Waals surface area contributed by atoms with Gasteiger partial charge in [-0.05, 0) is 42.3 Å². The second kappa shape index (κ2) is 6.29. The first-order chi connectivity index (χ1) is 10.2. The van der Waals surface area contributed by atoms with Crippen LogP contribution in [0.4, 0.5) is 0 Å². The number of aliphatic hydroxyl groups excluding tert-OH is 1. The third kappa shape index (κ3) is 3.26. The van der Waals surface area contributed by atoms with Gasteiger partial charge in [-0.25, -0.2) is 0 Å². The van der Waals surface area contributed by atoms with Gasteiger partial charge in [-0.1, -0.05) is 30.3 Å². The van der Waals surface area contributed by atoms with Crippen LogP contribution in [0.1, 0.15) is 24.2 Å². The third-order valence-electron chi connectivity index (χ3n) is 3.47. The molecule has 1 N–H and O–H groups in total. The minimum absolute atomic E-state index is 0.424. The van der Waals surface area contributed by atoms with E-state index in [2.05, 4.69) is 29.2 Å². The maximum Gasteiger partial charge on any atom is 0.0762 e. The van der Waals surface area contributed by atoms with E-state index < -0.39 is 6.10 Å². The molecule has 3 rings (SSSR count). The lowest BCUT2D eigenvalue weighted by atomic mass is 10.1. The Hall–Kier alpha value is -1.84. The highest BCUT2D eigenvalue weighted by molar-refractivity contribution is 7.98. The smallest absolute Gasteiger partial charge is 0.0762 e. The number of hydrogen-bond acceptors (Lipinski definition) is 3. The minimum Gasteiger partial charge on any atom is -0.389 e. The summed E-state index contributed by atoms with van der Waals surface area (Å²) in [5, 5.41) is 10.9. The van der Waals surface area contributed by atoms with Gasteiger partial charge >= 0.3 is 0 Å². The SMILES string of the molecule is CC(O)c1cccc(SCc2ccnc3ccccc23)c1. The number of thioether (sulfide) groups is 1. The summed E-state index contributed by atoms with van der Waals surface area (Å²) in [5.74, 6) is 0.895. The molecule has 106 valence electrons. The molecule has 0 saturated heterocycles. The van der Waals surface area contributed by atoms with Crippen molar-refractivity contribution in [1.82, 2.24) is 4.98 Å². The lowest BCUT2D eigenvalue weighted by Gasteiger charge is -2.08. The fourth-order valence-electron chi connectivity index (χ4n) is 2.31. The van der Waals surface area contributed by atoms with E-state index in [-0.39, 0.29) is 0 Å². The Kier molecular flexibility index (Phi) is 4.23. The number of nitrogens with zero attached hydrogens (tertiary/aromatic N) is 1. The molecule has 0 bridgehead atoms. The van der Waals surface area contributed by atoms with E-state index in [4.69, 9.17) is 0 Å². The molecule has 2 nitrogen and oxygen atoms in total. The van der Waals surface area contributed by atoms with E-state index in [9.17, 15) is 5.11 Å². The zero-order valence-corrected chi connectivity index (χ0v) is 12.7. The molecule has 0 saturated carbocycles. The molecular weight excluding hydrogens is 278 g/mol. The van der Waals surface area contributed by atoms with Crippen LogP contribution in [-0.4, -0.2) is 10.1 Å². The van der Waals surface area contributed by atoms with Crippen LogP contribution < -0.4 is 0 Å². The fourth-order valence-corrected chi connectivity index (χ4v) is 3.27. The number of aromatic nitrogens is 1. The summed E-state index contributed by atoms with van der Waals surface area (Å²) in [7, 11) is 0. The van der Waals surface area contributed by atoms with Crippen molar-refractivity contribution in [1.29, 1.82) is 0 Å². The summed E-state index contributed by atoms with van der Waals surface area (Å²) in [6.45, 7) is 1.79. The van der Waals surface area contributed by atoms with Crippen molar-refractivity contribution >= 4 is 22.7 Å². The Morgan fingerprint density at radius 2 is 1.95 bits per heavy atom. The second-order valence-electron chi connectivity index (χ2n) is 5.02. The summed E-state index contributed by atoms with van der Waals surface area (Å²) in [5.41, 5.74) is 3.28. The Labute approximate surface area is 128 Å². The average Bonchev–Trinajstić information content (AvgIpc) is 2.53. The van der Waals surface area contributed by atoms with E-state index in [1.165, 1.54) is 15.8 Å². The van der Waals surface area contributed by atoms with Crippen molar-refractivity contribution in [2.45, 2.75) is 23.7 Å². The van der Waals surface area contributed by atoms with E-state index >= 15 is 0 Å². The Morgan fingerprint density at radius 3 is 2.81 bits per heavy atom. The summed E-state index contributed by atoms with van der Waals surface area (Å²) in [6.07, 6.45) is 1.44. The topological polar surface area (TPSA) is 33.1 Å². The zero-order valence-electron chi connectivity index (χ0n) is 11.9. The molecule has 0 fully saturated rings. The van der Waals surface area contributed by atoms with Crippen molar-refractivity contribution < 1.29 is 5.11 Å². The Bertz CT molecular complexity index is 750. The van der Waals surface area contributed by atoms with Gasteiger partial charge in [0.1, 0.15) is 0 Å². The van der Waals surface area contributed by atoms with Crippen molar-refractivity contribution in [3.63, 3.8) is 0 Å². The number of para-hydroxylation sites is 1. The molecule has 0 amide bonds. The van der Waals surface area contributed by atoms with E-state index in [0.29, 0.717) is 0 Å². The molecular formula is C18H17NOS. The van der Waals surface area contributed by atoms with Gasteiger partial charge in [0.05, 0.1) is 11.6 Å². The summed E-state index contributed by atoms with van der Waals surface area (Å²) < 4.78 is 0. The van der Waals surface area contributed by atoms with Crippen molar-refractivity contribution in [2.75, 3.05) is 0 Å². The fraction of sp³-hybridized carbons (Fsp3) is 0.167. The van der Waals surface area contributed by atoms with Gasteiger partial charge in [-0.3, -0.25) is 4.98 Å². The molecule has 0 aliphatic heterocycles. The molecule has 0 aliphatic rings. The largest absolute Gasteiger partial charge is 0.389 e. The normalized spacial score (nSPS) is 12.5. The summed E-state index contributed by atoms with van der Waals surface area (Å²) in [6, 6.07) is 18.4. The first kappa shape index (κ1) is 14.1. The molecule has 1 unspecified atom stereocenters. The lowest BCUT2D eigenvalue weighted by molar-refractivity contribution is 0.199. The number of aliphatic hydroxyl groups is 1. The Morgan fingerprint density at radius 1 is 1.10 bits per heavy atom. The van der Waals surface area contributed by atoms with E-state index in [0.717, 1.165) is 16.8 Å². The van der Waals surface area contributed by atoms with Gasteiger partial charge in [-0.2, -0.15) is 0 Å². The number of fused-ring (bicyclic) bond motifs is 1. The molecule has 1 aromatic heterocycles. The molecule has 1 heterocycles. The first-order valence-corrected chi connectivity index (χ1v) is 7.96. The standard InChI is InChI=1S/C18H17NOS/c1-13(20)14-5-4-6-16(11-14)21-12-15-9-10-19-18-8-3-2-7-17(15)18/h2-11,13,20H,12H2,1H3. The molecule has 2 aromatic carbocycles. The van der Waals surface area contributed by atoms with Crippen LogP contribution in [0, 0.1) is 0 Å². The second-order valence-corrected chi connectivity index (χ2v) is 6.07. The molecule has 3 heteroatoms. The summed E-state index contributed by atoms with van der Waals surface area (Å²) >= 11 is 1.78. The number of benzene rings is 2. The highest BCUT2D eigenvalue weighted by atomic mass is 32.2. The maximum absolute atomic E-state index is 9.66. The predicted molar refractivity (Wildman–Crippen MR) is 88.4 cm³/mol. The van der Waals surface area contributed by atoms with Crippen LogP contribution >= 0.6 is 11.8 Å². The van der Waals surface area contributed by atoms with Gasteiger partial charge in [0.2, 0.25) is 0 Å². The van der Waals surface area contributed by atoms with Crippen LogP contribution in [0.2, 0.25) is 0 Å². The zero-order chi connectivity index (χ0) is 14.7. The monoisotopic (exact) mass is 295 g/mol.